The fourth-order valence-electron chi connectivity index (χ4n) is 4.39. The van der Waals surface area contributed by atoms with Crippen molar-refractivity contribution in [3.8, 4) is 5.75 Å². The van der Waals surface area contributed by atoms with E-state index in [1.54, 1.807) is 24.1 Å². The zero-order valence-electron chi connectivity index (χ0n) is 18.9. The van der Waals surface area contributed by atoms with Crippen LogP contribution in [0.3, 0.4) is 0 Å². The van der Waals surface area contributed by atoms with Crippen LogP contribution in [-0.2, 0) is 11.2 Å². The summed E-state index contributed by atoms with van der Waals surface area (Å²) in [5.41, 5.74) is 1.83. The first kappa shape index (κ1) is 22.6. The van der Waals surface area contributed by atoms with Crippen molar-refractivity contribution in [3.63, 3.8) is 0 Å². The maximum absolute atomic E-state index is 13.6. The Bertz CT molecular complexity index is 1030. The summed E-state index contributed by atoms with van der Waals surface area (Å²) in [6.45, 7) is 0.373. The van der Waals surface area contributed by atoms with Crippen LogP contribution in [0.2, 0.25) is 0 Å². The lowest BCUT2D eigenvalue weighted by atomic mass is 10.0. The van der Waals surface area contributed by atoms with Crippen molar-refractivity contribution in [2.75, 3.05) is 13.7 Å². The van der Waals surface area contributed by atoms with Crippen LogP contribution in [0, 0.1) is 0 Å². The first-order valence-corrected chi connectivity index (χ1v) is 11.5. The van der Waals surface area contributed by atoms with Gasteiger partial charge >= 0.3 is 0 Å². The SMILES string of the molecule is COc1ccc([C@H](C(=O)NC2CCCC2)N(CCc2ccccc2)C(=O)c2ccco2)cc1. The lowest BCUT2D eigenvalue weighted by Crippen LogP contribution is -2.46. The van der Waals surface area contributed by atoms with Gasteiger partial charge in [-0.1, -0.05) is 55.3 Å². The molecule has 0 spiro atoms. The van der Waals surface area contributed by atoms with Crippen LogP contribution in [0.1, 0.15) is 53.4 Å². The molecule has 1 fully saturated rings. The summed E-state index contributed by atoms with van der Waals surface area (Å²) in [4.78, 5) is 28.8. The molecule has 6 nitrogen and oxygen atoms in total. The van der Waals surface area contributed by atoms with E-state index in [0.29, 0.717) is 18.7 Å². The third-order valence-corrected chi connectivity index (χ3v) is 6.17. The number of nitrogens with zero attached hydrogens (tertiary/aromatic N) is 1. The molecule has 1 aliphatic carbocycles. The van der Waals surface area contributed by atoms with Crippen LogP contribution in [0.25, 0.3) is 0 Å². The average Bonchev–Trinajstić information content (AvgIpc) is 3.57. The van der Waals surface area contributed by atoms with E-state index < -0.39 is 6.04 Å². The fourth-order valence-corrected chi connectivity index (χ4v) is 4.39. The molecule has 33 heavy (non-hydrogen) atoms. The highest BCUT2D eigenvalue weighted by Gasteiger charge is 2.34. The fraction of sp³-hybridized carbons (Fsp3) is 0.333. The second-order valence-electron chi connectivity index (χ2n) is 8.38. The van der Waals surface area contributed by atoms with E-state index in [1.165, 1.54) is 6.26 Å². The van der Waals surface area contributed by atoms with E-state index in [2.05, 4.69) is 5.32 Å². The third-order valence-electron chi connectivity index (χ3n) is 6.17. The van der Waals surface area contributed by atoms with Gasteiger partial charge in [-0.25, -0.2) is 0 Å². The van der Waals surface area contributed by atoms with Crippen molar-refractivity contribution in [2.24, 2.45) is 0 Å². The Morgan fingerprint density at radius 3 is 2.39 bits per heavy atom. The number of rotatable bonds is 9. The molecule has 2 amide bonds. The molecule has 2 aromatic carbocycles. The van der Waals surface area contributed by atoms with Crippen molar-refractivity contribution in [1.29, 1.82) is 0 Å². The van der Waals surface area contributed by atoms with Crippen molar-refractivity contribution >= 4 is 11.8 Å². The Balaban J connectivity index is 1.67. The van der Waals surface area contributed by atoms with Crippen LogP contribution < -0.4 is 10.1 Å². The summed E-state index contributed by atoms with van der Waals surface area (Å²) in [6.07, 6.45) is 6.26. The molecule has 1 heterocycles. The molecule has 1 aromatic heterocycles. The van der Waals surface area contributed by atoms with Crippen LogP contribution in [0.15, 0.2) is 77.4 Å². The Kier molecular flexibility index (Phi) is 7.45. The van der Waals surface area contributed by atoms with Crippen molar-refractivity contribution in [2.45, 2.75) is 44.2 Å². The van der Waals surface area contributed by atoms with Crippen molar-refractivity contribution in [3.05, 3.63) is 89.9 Å². The molecule has 0 bridgehead atoms. The molecule has 0 unspecified atom stereocenters. The molecular formula is C27H30N2O4. The quantitative estimate of drug-likeness (QED) is 0.514. The highest BCUT2D eigenvalue weighted by molar-refractivity contribution is 5.96. The van der Waals surface area contributed by atoms with Gasteiger partial charge in [0.2, 0.25) is 5.91 Å². The van der Waals surface area contributed by atoms with Gasteiger partial charge in [-0.15, -0.1) is 0 Å². The van der Waals surface area contributed by atoms with Gasteiger partial charge in [0.1, 0.15) is 11.8 Å². The highest BCUT2D eigenvalue weighted by atomic mass is 16.5. The molecule has 0 saturated heterocycles. The Morgan fingerprint density at radius 2 is 1.76 bits per heavy atom. The lowest BCUT2D eigenvalue weighted by molar-refractivity contribution is -0.126. The minimum absolute atomic E-state index is 0.146. The Labute approximate surface area is 194 Å². The van der Waals surface area contributed by atoms with E-state index in [-0.39, 0.29) is 23.6 Å². The minimum atomic E-state index is -0.780. The van der Waals surface area contributed by atoms with E-state index >= 15 is 0 Å². The zero-order valence-corrected chi connectivity index (χ0v) is 18.9. The molecule has 0 aliphatic heterocycles. The number of benzene rings is 2. The number of ether oxygens (including phenoxy) is 1. The summed E-state index contributed by atoms with van der Waals surface area (Å²) in [6, 6.07) is 20.0. The molecule has 1 atom stereocenters. The van der Waals surface area contributed by atoms with Gasteiger partial charge in [0.05, 0.1) is 13.4 Å². The monoisotopic (exact) mass is 446 g/mol. The van der Waals surface area contributed by atoms with Crippen molar-refractivity contribution in [1.82, 2.24) is 10.2 Å². The normalized spacial score (nSPS) is 14.6. The first-order valence-electron chi connectivity index (χ1n) is 11.5. The summed E-state index contributed by atoms with van der Waals surface area (Å²) >= 11 is 0. The predicted octanol–water partition coefficient (Wildman–Crippen LogP) is 4.77. The summed E-state index contributed by atoms with van der Waals surface area (Å²) in [5, 5.41) is 3.19. The van der Waals surface area contributed by atoms with E-state index in [9.17, 15) is 9.59 Å². The molecule has 0 radical (unpaired) electrons. The average molecular weight is 447 g/mol. The molecule has 1 N–H and O–H groups in total. The van der Waals surface area contributed by atoms with Crippen LogP contribution in [0.4, 0.5) is 0 Å². The Hall–Kier alpha value is -3.54. The summed E-state index contributed by atoms with van der Waals surface area (Å²) < 4.78 is 10.7. The van der Waals surface area contributed by atoms with Gasteiger partial charge in [-0.2, -0.15) is 0 Å². The topological polar surface area (TPSA) is 71.8 Å². The van der Waals surface area contributed by atoms with Crippen molar-refractivity contribution < 1.29 is 18.7 Å². The Morgan fingerprint density at radius 1 is 1.03 bits per heavy atom. The molecule has 1 aliphatic rings. The smallest absolute Gasteiger partial charge is 0.290 e. The molecule has 3 aromatic rings. The second kappa shape index (κ2) is 10.9. The number of methoxy groups -OCH3 is 1. The maximum atomic E-state index is 13.6. The number of carbonyl (C=O) groups is 2. The van der Waals surface area contributed by atoms with Crippen LogP contribution >= 0.6 is 0 Å². The van der Waals surface area contributed by atoms with E-state index in [1.807, 2.05) is 54.6 Å². The highest BCUT2D eigenvalue weighted by Crippen LogP contribution is 2.27. The second-order valence-corrected chi connectivity index (χ2v) is 8.38. The molecule has 4 rings (SSSR count). The first-order chi connectivity index (χ1) is 16.2. The summed E-state index contributed by atoms with van der Waals surface area (Å²) in [5.74, 6) is 0.440. The standard InChI is InChI=1S/C27H30N2O4/c1-32-23-15-13-21(14-16-23)25(26(30)28-22-10-5-6-11-22)29(27(31)24-12-7-19-33-24)18-17-20-8-3-2-4-9-20/h2-4,7-9,12-16,19,22,25H,5-6,10-11,17-18H2,1H3,(H,28,30)/t25-/m1/s1. The van der Waals surface area contributed by atoms with E-state index in [0.717, 1.165) is 36.8 Å². The molecule has 6 heteroatoms. The summed E-state index contributed by atoms with van der Waals surface area (Å²) in [7, 11) is 1.60. The van der Waals surface area contributed by atoms with E-state index in [4.69, 9.17) is 9.15 Å². The number of furan rings is 1. The molecule has 172 valence electrons. The minimum Gasteiger partial charge on any atom is -0.497 e. The number of hydrogen-bond acceptors (Lipinski definition) is 4. The molecule has 1 saturated carbocycles. The van der Waals surface area contributed by atoms with Crippen LogP contribution in [0.5, 0.6) is 5.75 Å². The number of nitrogens with one attached hydrogen (secondary N) is 1. The number of hydrogen-bond donors (Lipinski definition) is 1. The van der Waals surface area contributed by atoms with Gasteiger partial charge in [-0.3, -0.25) is 9.59 Å². The number of carbonyl (C=O) groups excluding carboxylic acids is 2. The maximum Gasteiger partial charge on any atom is 0.290 e. The lowest BCUT2D eigenvalue weighted by Gasteiger charge is -2.32. The number of amides is 2. The van der Waals surface area contributed by atoms with Crippen LogP contribution in [-0.4, -0.2) is 36.4 Å². The van der Waals surface area contributed by atoms with Gasteiger partial charge < -0.3 is 19.4 Å². The van der Waals surface area contributed by atoms with Gasteiger partial charge in [-0.05, 0) is 54.7 Å². The largest absolute Gasteiger partial charge is 0.497 e. The predicted molar refractivity (Wildman–Crippen MR) is 126 cm³/mol. The van der Waals surface area contributed by atoms with Gasteiger partial charge in [0, 0.05) is 12.6 Å². The van der Waals surface area contributed by atoms with Gasteiger partial charge in [0.25, 0.3) is 5.91 Å². The third kappa shape index (κ3) is 5.64. The van der Waals surface area contributed by atoms with Gasteiger partial charge in [0.15, 0.2) is 5.76 Å². The molecular weight excluding hydrogens is 416 g/mol. The zero-order chi connectivity index (χ0) is 23.0.